The van der Waals surface area contributed by atoms with E-state index in [1.54, 1.807) is 20.8 Å². The van der Waals surface area contributed by atoms with Crippen LogP contribution in [0.4, 0.5) is 24.8 Å². The maximum atomic E-state index is 12.8. The van der Waals surface area contributed by atoms with E-state index in [4.69, 9.17) is 11.6 Å². The molecule has 1 aromatic heterocycles. The summed E-state index contributed by atoms with van der Waals surface area (Å²) >= 11 is 5.94. The van der Waals surface area contributed by atoms with Gasteiger partial charge in [0, 0.05) is 11.7 Å². The van der Waals surface area contributed by atoms with E-state index in [1.165, 1.54) is 6.07 Å². The Kier molecular flexibility index (Phi) is 5.52. The van der Waals surface area contributed by atoms with E-state index in [0.29, 0.717) is 5.69 Å². The Morgan fingerprint density at radius 1 is 1.20 bits per heavy atom. The van der Waals surface area contributed by atoms with Crippen LogP contribution in [0, 0.1) is 6.92 Å². The standard InChI is InChI=1S/C16H16ClF3N4O/c1-8(2)21-14(25)13-6-9(3)22-15(24-13)23-12-7-10(16(18,19)20)4-5-11(12)17/h4-8H,1-3H3,(H,21,25)(H,22,23,24). The molecule has 2 rings (SSSR count). The molecule has 134 valence electrons. The van der Waals surface area contributed by atoms with E-state index in [-0.39, 0.29) is 28.4 Å². The van der Waals surface area contributed by atoms with E-state index >= 15 is 0 Å². The molecule has 0 atom stereocenters. The van der Waals surface area contributed by atoms with Crippen molar-refractivity contribution in [1.29, 1.82) is 0 Å². The van der Waals surface area contributed by atoms with Crippen LogP contribution >= 0.6 is 11.6 Å². The van der Waals surface area contributed by atoms with Gasteiger partial charge in [-0.05, 0) is 45.0 Å². The van der Waals surface area contributed by atoms with Gasteiger partial charge in [-0.25, -0.2) is 9.97 Å². The van der Waals surface area contributed by atoms with E-state index in [1.807, 2.05) is 0 Å². The van der Waals surface area contributed by atoms with Crippen molar-refractivity contribution in [3.8, 4) is 0 Å². The largest absolute Gasteiger partial charge is 0.416 e. The highest BCUT2D eigenvalue weighted by Gasteiger charge is 2.31. The summed E-state index contributed by atoms with van der Waals surface area (Å²) in [5.41, 5.74) is -0.275. The van der Waals surface area contributed by atoms with Crippen molar-refractivity contribution in [2.45, 2.75) is 33.0 Å². The topological polar surface area (TPSA) is 66.9 Å². The summed E-state index contributed by atoms with van der Waals surface area (Å²) in [4.78, 5) is 20.2. The van der Waals surface area contributed by atoms with Gasteiger partial charge in [-0.15, -0.1) is 0 Å². The zero-order valence-electron chi connectivity index (χ0n) is 13.7. The fourth-order valence-electron chi connectivity index (χ4n) is 1.99. The van der Waals surface area contributed by atoms with Crippen LogP contribution < -0.4 is 10.6 Å². The highest BCUT2D eigenvalue weighted by molar-refractivity contribution is 6.33. The molecule has 0 radical (unpaired) electrons. The maximum Gasteiger partial charge on any atom is 0.416 e. The number of hydrogen-bond acceptors (Lipinski definition) is 4. The molecule has 1 aromatic carbocycles. The van der Waals surface area contributed by atoms with Crippen molar-refractivity contribution in [2.75, 3.05) is 5.32 Å². The first kappa shape index (κ1) is 19.0. The molecule has 0 aliphatic rings. The zero-order chi connectivity index (χ0) is 18.8. The molecule has 2 aromatic rings. The summed E-state index contributed by atoms with van der Waals surface area (Å²) in [6.07, 6.45) is -4.50. The lowest BCUT2D eigenvalue weighted by Gasteiger charge is -2.13. The Morgan fingerprint density at radius 2 is 1.88 bits per heavy atom. The van der Waals surface area contributed by atoms with Crippen LogP contribution in [-0.4, -0.2) is 21.9 Å². The van der Waals surface area contributed by atoms with Crippen LogP contribution in [0.1, 0.15) is 35.6 Å². The van der Waals surface area contributed by atoms with Crippen molar-refractivity contribution in [2.24, 2.45) is 0 Å². The molecule has 0 aliphatic carbocycles. The molecular formula is C16H16ClF3N4O. The lowest BCUT2D eigenvalue weighted by Crippen LogP contribution is -2.31. The zero-order valence-corrected chi connectivity index (χ0v) is 14.5. The molecule has 2 N–H and O–H groups in total. The van der Waals surface area contributed by atoms with Crippen LogP contribution in [-0.2, 0) is 6.18 Å². The summed E-state index contributed by atoms with van der Waals surface area (Å²) in [7, 11) is 0. The number of carbonyl (C=O) groups excluding carboxylic acids is 1. The Hall–Kier alpha value is -2.35. The second-order valence-electron chi connectivity index (χ2n) is 5.66. The number of benzene rings is 1. The van der Waals surface area contributed by atoms with Crippen molar-refractivity contribution in [1.82, 2.24) is 15.3 Å². The molecule has 0 spiro atoms. The van der Waals surface area contributed by atoms with Crippen LogP contribution in [0.5, 0.6) is 0 Å². The van der Waals surface area contributed by atoms with Gasteiger partial charge in [0.25, 0.3) is 5.91 Å². The minimum atomic E-state index is -4.50. The molecule has 0 bridgehead atoms. The summed E-state index contributed by atoms with van der Waals surface area (Å²) in [5.74, 6) is -0.422. The number of alkyl halides is 3. The second-order valence-corrected chi connectivity index (χ2v) is 6.07. The Bertz CT molecular complexity index is 793. The SMILES string of the molecule is Cc1cc(C(=O)NC(C)C)nc(Nc2cc(C(F)(F)F)ccc2Cl)n1. The normalized spacial score (nSPS) is 11.5. The average molecular weight is 373 g/mol. The van der Waals surface area contributed by atoms with Crippen molar-refractivity contribution >= 4 is 29.1 Å². The number of hydrogen-bond donors (Lipinski definition) is 2. The van der Waals surface area contributed by atoms with Gasteiger partial charge in [-0.3, -0.25) is 4.79 Å². The minimum absolute atomic E-state index is 0.00249. The number of carbonyl (C=O) groups is 1. The second kappa shape index (κ2) is 7.26. The molecule has 1 heterocycles. The first-order chi connectivity index (χ1) is 11.6. The fraction of sp³-hybridized carbons (Fsp3) is 0.312. The Morgan fingerprint density at radius 3 is 2.48 bits per heavy atom. The van der Waals surface area contributed by atoms with Gasteiger partial charge in [0.1, 0.15) is 5.69 Å². The Balaban J connectivity index is 2.35. The molecule has 0 saturated heterocycles. The van der Waals surface area contributed by atoms with Crippen LogP contribution in [0.3, 0.4) is 0 Å². The third kappa shape index (κ3) is 5.06. The van der Waals surface area contributed by atoms with Gasteiger partial charge in [-0.1, -0.05) is 11.6 Å². The highest BCUT2D eigenvalue weighted by Crippen LogP contribution is 2.34. The number of halogens is 4. The van der Waals surface area contributed by atoms with E-state index in [2.05, 4.69) is 20.6 Å². The molecule has 1 amide bonds. The van der Waals surface area contributed by atoms with Crippen LogP contribution in [0.15, 0.2) is 24.3 Å². The maximum absolute atomic E-state index is 12.8. The number of aromatic nitrogens is 2. The predicted molar refractivity (Wildman–Crippen MR) is 89.1 cm³/mol. The molecule has 0 aliphatic heterocycles. The monoisotopic (exact) mass is 372 g/mol. The number of anilines is 2. The predicted octanol–water partition coefficient (Wildman–Crippen LogP) is 4.34. The minimum Gasteiger partial charge on any atom is -0.349 e. The smallest absolute Gasteiger partial charge is 0.349 e. The van der Waals surface area contributed by atoms with E-state index < -0.39 is 17.6 Å². The Labute approximate surface area is 147 Å². The first-order valence-electron chi connectivity index (χ1n) is 7.36. The lowest BCUT2D eigenvalue weighted by molar-refractivity contribution is -0.137. The molecule has 0 saturated carbocycles. The third-order valence-corrected chi connectivity index (χ3v) is 3.38. The van der Waals surface area contributed by atoms with Gasteiger partial charge in [0.15, 0.2) is 0 Å². The van der Waals surface area contributed by atoms with Gasteiger partial charge in [0.2, 0.25) is 5.95 Å². The summed E-state index contributed by atoms with van der Waals surface area (Å²) in [6, 6.07) is 4.27. The van der Waals surface area contributed by atoms with Crippen molar-refractivity contribution in [3.05, 3.63) is 46.2 Å². The quantitative estimate of drug-likeness (QED) is 0.837. The summed E-state index contributed by atoms with van der Waals surface area (Å²) in [5, 5.41) is 5.40. The van der Waals surface area contributed by atoms with Crippen LogP contribution in [0.25, 0.3) is 0 Å². The van der Waals surface area contributed by atoms with Crippen molar-refractivity contribution in [3.63, 3.8) is 0 Å². The average Bonchev–Trinajstić information content (AvgIpc) is 2.47. The number of amides is 1. The van der Waals surface area contributed by atoms with Crippen molar-refractivity contribution < 1.29 is 18.0 Å². The molecule has 0 unspecified atom stereocenters. The molecule has 5 nitrogen and oxygen atoms in total. The summed E-state index contributed by atoms with van der Waals surface area (Å²) < 4.78 is 38.5. The summed E-state index contributed by atoms with van der Waals surface area (Å²) in [6.45, 7) is 5.24. The molecular weight excluding hydrogens is 357 g/mol. The van der Waals surface area contributed by atoms with E-state index in [9.17, 15) is 18.0 Å². The first-order valence-corrected chi connectivity index (χ1v) is 7.74. The highest BCUT2D eigenvalue weighted by atomic mass is 35.5. The number of rotatable bonds is 4. The van der Waals surface area contributed by atoms with Gasteiger partial charge in [-0.2, -0.15) is 13.2 Å². The molecule has 25 heavy (non-hydrogen) atoms. The van der Waals surface area contributed by atoms with Gasteiger partial charge in [0.05, 0.1) is 16.3 Å². The number of aryl methyl sites for hydroxylation is 1. The number of nitrogens with one attached hydrogen (secondary N) is 2. The van der Waals surface area contributed by atoms with E-state index in [0.717, 1.165) is 18.2 Å². The lowest BCUT2D eigenvalue weighted by atomic mass is 10.2. The van der Waals surface area contributed by atoms with Crippen LogP contribution in [0.2, 0.25) is 5.02 Å². The van der Waals surface area contributed by atoms with Gasteiger partial charge < -0.3 is 10.6 Å². The molecule has 9 heteroatoms. The fourth-order valence-corrected chi connectivity index (χ4v) is 2.16. The third-order valence-electron chi connectivity index (χ3n) is 3.05. The number of nitrogens with zero attached hydrogens (tertiary/aromatic N) is 2. The van der Waals surface area contributed by atoms with Gasteiger partial charge >= 0.3 is 6.18 Å². The molecule has 0 fully saturated rings.